The summed E-state index contributed by atoms with van der Waals surface area (Å²) in [5, 5.41) is 16.1. The summed E-state index contributed by atoms with van der Waals surface area (Å²) in [5.41, 5.74) is 4.94. The lowest BCUT2D eigenvalue weighted by Gasteiger charge is -2.29. The third-order valence-corrected chi connectivity index (χ3v) is 5.72. The van der Waals surface area contributed by atoms with Crippen LogP contribution in [0.4, 0.5) is 10.1 Å². The topological polar surface area (TPSA) is 68.4 Å². The minimum atomic E-state index is -0.192. The van der Waals surface area contributed by atoms with E-state index in [1.807, 2.05) is 30.3 Å². The molecule has 0 saturated heterocycles. The second kappa shape index (κ2) is 11.3. The van der Waals surface area contributed by atoms with Crippen molar-refractivity contribution in [1.29, 1.82) is 5.41 Å². The van der Waals surface area contributed by atoms with E-state index < -0.39 is 0 Å². The van der Waals surface area contributed by atoms with Crippen LogP contribution in [-0.4, -0.2) is 36.9 Å². The normalized spacial score (nSPS) is 17.4. The molecule has 29 heavy (non-hydrogen) atoms. The Morgan fingerprint density at radius 2 is 2.03 bits per heavy atom. The highest BCUT2D eigenvalue weighted by Gasteiger charge is 2.17. The summed E-state index contributed by atoms with van der Waals surface area (Å²) >= 11 is 1.19. The summed E-state index contributed by atoms with van der Waals surface area (Å²) in [5.74, 6) is 0.152. The number of anilines is 1. The van der Waals surface area contributed by atoms with Gasteiger partial charge in [0, 0.05) is 37.5 Å². The number of nitrogens with one attached hydrogen (secondary N) is 2. The first-order valence-corrected chi connectivity index (χ1v) is 11.0. The van der Waals surface area contributed by atoms with E-state index in [0.29, 0.717) is 30.8 Å². The van der Waals surface area contributed by atoms with Crippen LogP contribution in [0.2, 0.25) is 0 Å². The quantitative estimate of drug-likeness (QED) is 0.191. The van der Waals surface area contributed by atoms with Gasteiger partial charge in [-0.15, -0.1) is 0 Å². The van der Waals surface area contributed by atoms with Crippen molar-refractivity contribution in [2.45, 2.75) is 37.0 Å². The highest BCUT2D eigenvalue weighted by atomic mass is 32.2. The molecule has 5 nitrogen and oxygen atoms in total. The number of nitrogens with two attached hydrogens (primary N) is 1. The van der Waals surface area contributed by atoms with Crippen molar-refractivity contribution in [3.05, 3.63) is 60.0 Å². The number of rotatable bonds is 8. The highest BCUT2D eigenvalue weighted by molar-refractivity contribution is 7.97. The second-order valence-corrected chi connectivity index (χ2v) is 7.99. The molecule has 1 aliphatic carbocycles. The zero-order chi connectivity index (χ0) is 20.5. The van der Waals surface area contributed by atoms with E-state index in [-0.39, 0.29) is 5.83 Å². The van der Waals surface area contributed by atoms with E-state index in [0.717, 1.165) is 49.5 Å². The minimum Gasteiger partial charge on any atom is -0.298 e. The van der Waals surface area contributed by atoms with Crippen LogP contribution < -0.4 is 15.6 Å². The molecule has 0 amide bonds. The highest BCUT2D eigenvalue weighted by Crippen LogP contribution is 2.25. The van der Waals surface area contributed by atoms with Crippen molar-refractivity contribution in [1.82, 2.24) is 10.3 Å². The molecular weight excluding hydrogens is 385 g/mol. The molecule has 0 aromatic heterocycles. The van der Waals surface area contributed by atoms with E-state index in [1.165, 1.54) is 11.9 Å². The molecule has 0 unspecified atom stereocenters. The fourth-order valence-corrected chi connectivity index (χ4v) is 3.83. The Hall–Kier alpha value is -1.93. The smallest absolute Gasteiger partial charge is 0.122 e. The van der Waals surface area contributed by atoms with E-state index in [1.54, 1.807) is 11.1 Å². The predicted molar refractivity (Wildman–Crippen MR) is 121 cm³/mol. The number of nitrogens with zero attached hydrogens (tertiary/aromatic N) is 2. The van der Waals surface area contributed by atoms with Crippen LogP contribution in [0.5, 0.6) is 0 Å². The number of hydrazine groups is 1. The molecule has 0 bridgehead atoms. The molecular formula is C22H30FN5S. The molecule has 1 aliphatic heterocycles. The largest absolute Gasteiger partial charge is 0.298 e. The Balaban J connectivity index is 1.69. The SMILES string of the molecule is N=C(CC1=C(F)C=CCCC1)N(NCCN1CC=CCC1)c1ccc(SN)cc1. The molecule has 7 heteroatoms. The zero-order valence-electron chi connectivity index (χ0n) is 16.7. The first-order valence-electron chi connectivity index (χ1n) is 10.2. The van der Waals surface area contributed by atoms with Crippen molar-refractivity contribution in [3.8, 4) is 0 Å². The summed E-state index contributed by atoms with van der Waals surface area (Å²) in [6.45, 7) is 3.63. The molecule has 4 N–H and O–H groups in total. The molecule has 3 rings (SSSR count). The van der Waals surface area contributed by atoms with Gasteiger partial charge in [-0.2, -0.15) is 0 Å². The molecule has 0 spiro atoms. The van der Waals surface area contributed by atoms with E-state index in [4.69, 9.17) is 10.5 Å². The summed E-state index contributed by atoms with van der Waals surface area (Å²) < 4.78 is 14.4. The Morgan fingerprint density at radius 3 is 2.76 bits per heavy atom. The first-order chi connectivity index (χ1) is 14.2. The summed E-state index contributed by atoms with van der Waals surface area (Å²) in [7, 11) is 0. The number of benzene rings is 1. The summed E-state index contributed by atoms with van der Waals surface area (Å²) in [6.07, 6.45) is 11.7. The van der Waals surface area contributed by atoms with Crippen LogP contribution >= 0.6 is 11.9 Å². The zero-order valence-corrected chi connectivity index (χ0v) is 17.6. The third-order valence-electron chi connectivity index (χ3n) is 5.17. The van der Waals surface area contributed by atoms with Crippen molar-refractivity contribution < 1.29 is 4.39 Å². The third kappa shape index (κ3) is 6.54. The minimum absolute atomic E-state index is 0.192. The van der Waals surface area contributed by atoms with Gasteiger partial charge in [0.15, 0.2) is 0 Å². The number of allylic oxidation sites excluding steroid dienone is 3. The standard InChI is InChI=1S/C22H30FN5S/c23-21-8-4-1-3-7-18(21)17-22(24)28(19-9-11-20(29-25)12-10-19)26-13-16-27-14-5-2-6-15-27/h2,4-5,8-12,24,26H,1,3,6-7,13-17,25H2. The predicted octanol–water partition coefficient (Wildman–Crippen LogP) is 4.56. The molecule has 1 aromatic rings. The van der Waals surface area contributed by atoms with Crippen LogP contribution in [0.1, 0.15) is 32.1 Å². The van der Waals surface area contributed by atoms with Gasteiger partial charge in [-0.1, -0.05) is 18.2 Å². The second-order valence-electron chi connectivity index (χ2n) is 7.29. The average molecular weight is 416 g/mol. The van der Waals surface area contributed by atoms with Crippen LogP contribution in [0.3, 0.4) is 0 Å². The lowest BCUT2D eigenvalue weighted by Crippen LogP contribution is -2.46. The fraction of sp³-hybridized carbons (Fsp3) is 0.409. The van der Waals surface area contributed by atoms with E-state index >= 15 is 0 Å². The van der Waals surface area contributed by atoms with Gasteiger partial charge < -0.3 is 0 Å². The monoisotopic (exact) mass is 415 g/mol. The van der Waals surface area contributed by atoms with Gasteiger partial charge in [-0.05, 0) is 73.5 Å². The summed E-state index contributed by atoms with van der Waals surface area (Å²) in [6, 6.07) is 7.76. The lowest BCUT2D eigenvalue weighted by molar-refractivity contribution is 0.298. The van der Waals surface area contributed by atoms with Crippen LogP contribution in [0.15, 0.2) is 64.9 Å². The number of amidine groups is 1. The molecule has 1 aromatic carbocycles. The van der Waals surface area contributed by atoms with Crippen LogP contribution in [0, 0.1) is 5.41 Å². The van der Waals surface area contributed by atoms with Gasteiger partial charge in [0.2, 0.25) is 0 Å². The van der Waals surface area contributed by atoms with Gasteiger partial charge in [0.25, 0.3) is 0 Å². The average Bonchev–Trinajstić information content (AvgIpc) is 2.96. The van der Waals surface area contributed by atoms with Gasteiger partial charge in [0.05, 0.1) is 5.69 Å². The molecule has 0 atom stereocenters. The van der Waals surface area contributed by atoms with E-state index in [9.17, 15) is 4.39 Å². The van der Waals surface area contributed by atoms with Crippen molar-refractivity contribution in [3.63, 3.8) is 0 Å². The molecule has 0 radical (unpaired) electrons. The van der Waals surface area contributed by atoms with Crippen molar-refractivity contribution in [2.75, 3.05) is 31.2 Å². The van der Waals surface area contributed by atoms with Gasteiger partial charge in [0.1, 0.15) is 11.7 Å². The Morgan fingerprint density at radius 1 is 1.21 bits per heavy atom. The van der Waals surface area contributed by atoms with E-state index in [2.05, 4.69) is 22.5 Å². The maximum absolute atomic E-state index is 14.4. The Kier molecular flexibility index (Phi) is 8.49. The van der Waals surface area contributed by atoms with Crippen LogP contribution in [0.25, 0.3) is 0 Å². The lowest BCUT2D eigenvalue weighted by atomic mass is 10.1. The molecule has 1 heterocycles. The summed E-state index contributed by atoms with van der Waals surface area (Å²) in [4.78, 5) is 3.34. The van der Waals surface area contributed by atoms with Gasteiger partial charge in [-0.25, -0.2) is 9.82 Å². The number of hydrogen-bond acceptors (Lipinski definition) is 5. The Bertz CT molecular complexity index is 772. The number of halogens is 1. The van der Waals surface area contributed by atoms with Crippen molar-refractivity contribution >= 4 is 23.5 Å². The van der Waals surface area contributed by atoms with Crippen molar-refractivity contribution in [2.24, 2.45) is 5.14 Å². The van der Waals surface area contributed by atoms with Crippen LogP contribution in [-0.2, 0) is 0 Å². The molecule has 0 saturated carbocycles. The molecule has 2 aliphatic rings. The van der Waals surface area contributed by atoms with Gasteiger partial charge in [-0.3, -0.25) is 20.5 Å². The first kappa shape index (κ1) is 21.8. The Labute approximate surface area is 177 Å². The molecule has 156 valence electrons. The van der Waals surface area contributed by atoms with Gasteiger partial charge >= 0.3 is 0 Å². The fourth-order valence-electron chi connectivity index (χ4n) is 3.54. The maximum atomic E-state index is 14.4. The number of hydrogen-bond donors (Lipinski definition) is 3. The molecule has 0 fully saturated rings. The maximum Gasteiger partial charge on any atom is 0.122 e.